The quantitative estimate of drug-likeness (QED) is 0.838. The molecular formula is C21H29N3O5. The fourth-order valence-electron chi connectivity index (χ4n) is 3.48. The van der Waals surface area contributed by atoms with Gasteiger partial charge in [-0.2, -0.15) is 4.98 Å². The van der Waals surface area contributed by atoms with Crippen molar-refractivity contribution in [3.8, 4) is 11.9 Å². The first-order chi connectivity index (χ1) is 13.6. The number of hydrogen-bond acceptors (Lipinski definition) is 7. The molecular weight excluding hydrogens is 374 g/mol. The monoisotopic (exact) mass is 403 g/mol. The molecule has 0 radical (unpaired) electrons. The van der Waals surface area contributed by atoms with Crippen LogP contribution in [0.3, 0.4) is 0 Å². The second kappa shape index (κ2) is 7.67. The molecule has 0 aliphatic carbocycles. The molecule has 3 heterocycles. The molecule has 2 aromatic rings. The van der Waals surface area contributed by atoms with E-state index in [1.54, 1.807) is 4.90 Å². The van der Waals surface area contributed by atoms with E-state index < -0.39 is 5.60 Å². The third kappa shape index (κ3) is 4.07. The van der Waals surface area contributed by atoms with Crippen molar-refractivity contribution in [2.24, 2.45) is 0 Å². The molecule has 1 amide bonds. The maximum atomic E-state index is 13.0. The molecule has 8 nitrogen and oxygen atoms in total. The Morgan fingerprint density at radius 3 is 2.41 bits per heavy atom. The Morgan fingerprint density at radius 2 is 1.90 bits per heavy atom. The minimum absolute atomic E-state index is 0.155. The van der Waals surface area contributed by atoms with Crippen LogP contribution in [0, 0.1) is 6.92 Å². The third-order valence-corrected chi connectivity index (χ3v) is 5.34. The highest BCUT2D eigenvalue weighted by Gasteiger charge is 2.39. The molecule has 0 spiro atoms. The van der Waals surface area contributed by atoms with E-state index in [0.29, 0.717) is 37.3 Å². The highest BCUT2D eigenvalue weighted by molar-refractivity contribution is 5.93. The van der Waals surface area contributed by atoms with Gasteiger partial charge >= 0.3 is 6.01 Å². The van der Waals surface area contributed by atoms with E-state index in [0.717, 1.165) is 11.3 Å². The van der Waals surface area contributed by atoms with Gasteiger partial charge in [0.25, 0.3) is 5.91 Å². The summed E-state index contributed by atoms with van der Waals surface area (Å²) in [6.45, 7) is 8.79. The molecule has 3 rings (SSSR count). The number of aromatic nitrogens is 2. The summed E-state index contributed by atoms with van der Waals surface area (Å²) < 4.78 is 16.2. The Bertz CT molecular complexity index is 892. The van der Waals surface area contributed by atoms with Crippen LogP contribution in [0.4, 0.5) is 0 Å². The van der Waals surface area contributed by atoms with Crippen molar-refractivity contribution in [1.82, 2.24) is 14.9 Å². The fraction of sp³-hybridized carbons (Fsp3) is 0.571. The normalized spacial score (nSPS) is 16.6. The number of nitrogens with zero attached hydrogens (tertiary/aromatic N) is 3. The number of hydrogen-bond donors (Lipinski definition) is 1. The maximum Gasteiger partial charge on any atom is 0.319 e. The highest BCUT2D eigenvalue weighted by Crippen LogP contribution is 2.38. The van der Waals surface area contributed by atoms with Crippen LogP contribution in [0.25, 0.3) is 0 Å². The Morgan fingerprint density at radius 1 is 1.24 bits per heavy atom. The molecule has 1 aliphatic rings. The summed E-state index contributed by atoms with van der Waals surface area (Å²) in [5.41, 5.74) is -0.0254. The fourth-order valence-corrected chi connectivity index (χ4v) is 3.48. The third-order valence-electron chi connectivity index (χ3n) is 5.34. The van der Waals surface area contributed by atoms with Crippen molar-refractivity contribution < 1.29 is 23.8 Å². The van der Waals surface area contributed by atoms with Gasteiger partial charge in [-0.1, -0.05) is 20.8 Å². The van der Waals surface area contributed by atoms with Crippen molar-refractivity contribution in [3.63, 3.8) is 0 Å². The Kier molecular flexibility index (Phi) is 5.58. The average molecular weight is 403 g/mol. The zero-order valence-electron chi connectivity index (χ0n) is 17.9. The van der Waals surface area contributed by atoms with E-state index in [-0.39, 0.29) is 23.2 Å². The molecule has 1 aliphatic heterocycles. The largest absolute Gasteiger partial charge is 0.481 e. The van der Waals surface area contributed by atoms with Gasteiger partial charge in [-0.25, -0.2) is 4.98 Å². The topological polar surface area (TPSA) is 97.9 Å². The number of furan rings is 1. The predicted molar refractivity (Wildman–Crippen MR) is 106 cm³/mol. The summed E-state index contributed by atoms with van der Waals surface area (Å²) >= 11 is 0. The van der Waals surface area contributed by atoms with Crippen LogP contribution in [0.15, 0.2) is 16.7 Å². The van der Waals surface area contributed by atoms with E-state index in [4.69, 9.17) is 13.9 Å². The van der Waals surface area contributed by atoms with E-state index in [1.165, 1.54) is 20.4 Å². The Labute approximate surface area is 170 Å². The first-order valence-corrected chi connectivity index (χ1v) is 9.67. The molecule has 29 heavy (non-hydrogen) atoms. The first kappa shape index (κ1) is 21.1. The van der Waals surface area contributed by atoms with Crippen molar-refractivity contribution in [3.05, 3.63) is 34.9 Å². The zero-order valence-corrected chi connectivity index (χ0v) is 17.9. The summed E-state index contributed by atoms with van der Waals surface area (Å²) in [5, 5.41) is 11.2. The van der Waals surface area contributed by atoms with Gasteiger partial charge in [0, 0.05) is 30.3 Å². The summed E-state index contributed by atoms with van der Waals surface area (Å²) in [4.78, 5) is 23.0. The van der Waals surface area contributed by atoms with Gasteiger partial charge in [-0.05, 0) is 25.8 Å². The highest BCUT2D eigenvalue weighted by atomic mass is 16.5. The van der Waals surface area contributed by atoms with Crippen LogP contribution in [-0.2, 0) is 11.0 Å². The van der Waals surface area contributed by atoms with E-state index in [2.05, 4.69) is 9.97 Å². The number of rotatable bonds is 4. The summed E-state index contributed by atoms with van der Waals surface area (Å²) in [7, 11) is 2.95. The molecule has 0 atom stereocenters. The average Bonchev–Trinajstić information content (AvgIpc) is 3.09. The number of carbonyl (C=O) groups is 1. The first-order valence-electron chi connectivity index (χ1n) is 9.67. The smallest absolute Gasteiger partial charge is 0.319 e. The Hall–Kier alpha value is -2.61. The molecule has 1 N–H and O–H groups in total. The number of piperidine rings is 1. The maximum absolute atomic E-state index is 13.0. The predicted octanol–water partition coefficient (Wildman–Crippen LogP) is 2.82. The molecule has 1 saturated heterocycles. The second-order valence-corrected chi connectivity index (χ2v) is 8.48. The van der Waals surface area contributed by atoms with E-state index in [9.17, 15) is 9.90 Å². The molecule has 0 unspecified atom stereocenters. The molecule has 158 valence electrons. The minimum Gasteiger partial charge on any atom is -0.481 e. The molecule has 0 saturated carbocycles. The van der Waals surface area contributed by atoms with Crippen LogP contribution in [0.1, 0.15) is 61.1 Å². The lowest BCUT2D eigenvalue weighted by Crippen LogP contribution is -2.45. The number of aliphatic hydroxyl groups is 1. The number of amides is 1. The molecule has 1 fully saturated rings. The van der Waals surface area contributed by atoms with Gasteiger partial charge < -0.3 is 23.9 Å². The zero-order chi connectivity index (χ0) is 21.4. The lowest BCUT2D eigenvalue weighted by Gasteiger charge is -2.38. The number of ether oxygens (including phenoxy) is 2. The van der Waals surface area contributed by atoms with Crippen LogP contribution in [-0.4, -0.2) is 53.2 Å². The minimum atomic E-state index is -1.18. The van der Waals surface area contributed by atoms with Crippen molar-refractivity contribution in [2.45, 2.75) is 51.6 Å². The SMILES string of the molecule is COc1ncc(C2(O)CCN(C(=O)c3oc(C(C)(C)C)cc3C)CC2)c(OC)n1. The van der Waals surface area contributed by atoms with Gasteiger partial charge in [0.15, 0.2) is 5.76 Å². The summed E-state index contributed by atoms with van der Waals surface area (Å²) in [6.07, 6.45) is 2.21. The van der Waals surface area contributed by atoms with Crippen molar-refractivity contribution in [1.29, 1.82) is 0 Å². The number of aryl methyl sites for hydroxylation is 1. The number of carbonyl (C=O) groups excluding carboxylic acids is 1. The van der Waals surface area contributed by atoms with Gasteiger partial charge in [0.1, 0.15) is 5.76 Å². The van der Waals surface area contributed by atoms with Crippen LogP contribution >= 0.6 is 0 Å². The molecule has 0 aromatic carbocycles. The van der Waals surface area contributed by atoms with Gasteiger partial charge in [-0.3, -0.25) is 4.79 Å². The van der Waals surface area contributed by atoms with Crippen LogP contribution in [0.2, 0.25) is 0 Å². The van der Waals surface area contributed by atoms with Gasteiger partial charge in [0.2, 0.25) is 5.88 Å². The Balaban J connectivity index is 1.77. The number of methoxy groups -OCH3 is 2. The standard InChI is InChI=1S/C21H29N3O5/c1-13-11-15(20(2,3)4)29-16(13)18(25)24-9-7-21(26,8-10-24)14-12-22-19(28-6)23-17(14)27-5/h11-12,26H,7-10H2,1-6H3. The van der Waals surface area contributed by atoms with Crippen LogP contribution in [0.5, 0.6) is 11.9 Å². The van der Waals surface area contributed by atoms with E-state index in [1.807, 2.05) is 33.8 Å². The lowest BCUT2D eigenvalue weighted by atomic mass is 9.85. The second-order valence-electron chi connectivity index (χ2n) is 8.48. The van der Waals surface area contributed by atoms with Gasteiger partial charge in [0.05, 0.1) is 25.4 Å². The summed E-state index contributed by atoms with van der Waals surface area (Å²) in [6, 6.07) is 2.09. The van der Waals surface area contributed by atoms with Crippen molar-refractivity contribution in [2.75, 3.05) is 27.3 Å². The lowest BCUT2D eigenvalue weighted by molar-refractivity contribution is -0.0240. The summed E-state index contributed by atoms with van der Waals surface area (Å²) in [5.74, 6) is 1.27. The molecule has 2 aromatic heterocycles. The van der Waals surface area contributed by atoms with Crippen molar-refractivity contribution >= 4 is 5.91 Å². The van der Waals surface area contributed by atoms with Crippen LogP contribution < -0.4 is 9.47 Å². The van der Waals surface area contributed by atoms with E-state index >= 15 is 0 Å². The van der Waals surface area contributed by atoms with Gasteiger partial charge in [-0.15, -0.1) is 0 Å². The number of likely N-dealkylation sites (tertiary alicyclic amines) is 1. The molecule has 8 heteroatoms. The molecule has 0 bridgehead atoms.